The number of hydrogen-bond acceptors (Lipinski definition) is 3. The van der Waals surface area contributed by atoms with Crippen LogP contribution in [0.5, 0.6) is 0 Å². The molecule has 0 aliphatic rings. The Morgan fingerprint density at radius 3 is 1.53 bits per heavy atom. The summed E-state index contributed by atoms with van der Waals surface area (Å²) < 4.78 is 15.6. The molecule has 0 spiro atoms. The van der Waals surface area contributed by atoms with Gasteiger partial charge in [0.2, 0.25) is 0 Å². The van der Waals surface area contributed by atoms with Gasteiger partial charge in [-0.2, -0.15) is 0 Å². The first-order valence-corrected chi connectivity index (χ1v) is 5.44. The van der Waals surface area contributed by atoms with Crippen LogP contribution in [0.15, 0.2) is 24.0 Å². The van der Waals surface area contributed by atoms with Gasteiger partial charge in [-0.05, 0) is 25.0 Å². The van der Waals surface area contributed by atoms with Gasteiger partial charge in [0.1, 0.15) is 0 Å². The Bertz CT molecular complexity index is 185. The van der Waals surface area contributed by atoms with Crippen LogP contribution in [0, 0.1) is 0 Å². The number of ether oxygens (including phenoxy) is 3. The number of methoxy groups -OCH3 is 2. The van der Waals surface area contributed by atoms with E-state index in [4.69, 9.17) is 14.2 Å². The number of hydrogen-bond donors (Lipinski definition) is 0. The maximum absolute atomic E-state index is 5.43. The standard InChI is InChI=1S/C12H22O3/c1-5-7-9-11(13-3)15-12(14-4)10-8-6-2/h9-10H,5-8H2,1-4H3/b11-9+,12-10+. The highest BCUT2D eigenvalue weighted by Gasteiger charge is 2.02. The molecule has 0 aliphatic heterocycles. The molecule has 0 bridgehead atoms. The van der Waals surface area contributed by atoms with Crippen LogP contribution < -0.4 is 0 Å². The molecule has 0 amide bonds. The van der Waals surface area contributed by atoms with E-state index in [1.54, 1.807) is 14.2 Å². The molecule has 0 radical (unpaired) electrons. The summed E-state index contributed by atoms with van der Waals surface area (Å²) in [5.41, 5.74) is 0. The van der Waals surface area contributed by atoms with E-state index >= 15 is 0 Å². The predicted octanol–water partition coefficient (Wildman–Crippen LogP) is 3.58. The summed E-state index contributed by atoms with van der Waals surface area (Å²) >= 11 is 0. The quantitative estimate of drug-likeness (QED) is 0.578. The van der Waals surface area contributed by atoms with Gasteiger partial charge in [0.25, 0.3) is 11.9 Å². The van der Waals surface area contributed by atoms with Gasteiger partial charge in [-0.3, -0.25) is 0 Å². The third-order valence-electron chi connectivity index (χ3n) is 1.80. The van der Waals surface area contributed by atoms with Crippen molar-refractivity contribution in [3.8, 4) is 0 Å². The zero-order valence-corrected chi connectivity index (χ0v) is 10.2. The number of unbranched alkanes of at least 4 members (excludes halogenated alkanes) is 2. The lowest BCUT2D eigenvalue weighted by Gasteiger charge is -2.10. The van der Waals surface area contributed by atoms with Crippen molar-refractivity contribution < 1.29 is 14.2 Å². The summed E-state index contributed by atoms with van der Waals surface area (Å²) in [6.45, 7) is 4.21. The van der Waals surface area contributed by atoms with Crippen molar-refractivity contribution in [2.75, 3.05) is 14.2 Å². The Kier molecular flexibility index (Phi) is 8.73. The largest absolute Gasteiger partial charge is 0.469 e. The fourth-order valence-corrected chi connectivity index (χ4v) is 0.957. The van der Waals surface area contributed by atoms with Crippen LogP contribution in [0.1, 0.15) is 39.5 Å². The van der Waals surface area contributed by atoms with Gasteiger partial charge >= 0.3 is 0 Å². The fraction of sp³-hybridized carbons (Fsp3) is 0.667. The third kappa shape index (κ3) is 6.89. The van der Waals surface area contributed by atoms with E-state index in [9.17, 15) is 0 Å². The van der Waals surface area contributed by atoms with Crippen molar-refractivity contribution in [1.82, 2.24) is 0 Å². The van der Waals surface area contributed by atoms with Crippen molar-refractivity contribution in [3.05, 3.63) is 24.0 Å². The van der Waals surface area contributed by atoms with E-state index in [2.05, 4.69) is 13.8 Å². The molecule has 0 saturated heterocycles. The Morgan fingerprint density at radius 1 is 0.867 bits per heavy atom. The van der Waals surface area contributed by atoms with Crippen LogP contribution in [0.3, 0.4) is 0 Å². The van der Waals surface area contributed by atoms with Gasteiger partial charge in [0.15, 0.2) is 0 Å². The topological polar surface area (TPSA) is 27.7 Å². The molecule has 0 aromatic carbocycles. The molecular formula is C12H22O3. The average molecular weight is 214 g/mol. The summed E-state index contributed by atoms with van der Waals surface area (Å²) in [4.78, 5) is 0. The third-order valence-corrected chi connectivity index (χ3v) is 1.80. The van der Waals surface area contributed by atoms with E-state index in [0.717, 1.165) is 25.7 Å². The minimum Gasteiger partial charge on any atom is -0.469 e. The summed E-state index contributed by atoms with van der Waals surface area (Å²) in [5, 5.41) is 0. The molecule has 88 valence electrons. The number of rotatable bonds is 8. The van der Waals surface area contributed by atoms with Gasteiger partial charge in [0.05, 0.1) is 14.2 Å². The van der Waals surface area contributed by atoms with Crippen LogP contribution in [0.25, 0.3) is 0 Å². The first-order chi connectivity index (χ1) is 7.28. The predicted molar refractivity (Wildman–Crippen MR) is 61.1 cm³/mol. The van der Waals surface area contributed by atoms with Gasteiger partial charge in [-0.25, -0.2) is 0 Å². The molecule has 0 N–H and O–H groups in total. The van der Waals surface area contributed by atoms with Gasteiger partial charge in [0, 0.05) is 0 Å². The van der Waals surface area contributed by atoms with E-state index in [1.807, 2.05) is 12.2 Å². The van der Waals surface area contributed by atoms with Crippen molar-refractivity contribution >= 4 is 0 Å². The molecule has 0 aromatic rings. The summed E-state index contributed by atoms with van der Waals surface area (Å²) in [6, 6.07) is 0. The van der Waals surface area contributed by atoms with Crippen molar-refractivity contribution in [2.45, 2.75) is 39.5 Å². The maximum atomic E-state index is 5.43. The first kappa shape index (κ1) is 13.9. The zero-order chi connectivity index (χ0) is 11.5. The van der Waals surface area contributed by atoms with Crippen molar-refractivity contribution in [3.63, 3.8) is 0 Å². The number of allylic oxidation sites excluding steroid dienone is 2. The second-order valence-electron chi connectivity index (χ2n) is 3.13. The fourth-order valence-electron chi connectivity index (χ4n) is 0.957. The molecule has 0 fully saturated rings. The van der Waals surface area contributed by atoms with Crippen LogP contribution >= 0.6 is 0 Å². The minimum atomic E-state index is 0.501. The smallest absolute Gasteiger partial charge is 0.282 e. The molecule has 0 rings (SSSR count). The lowest BCUT2D eigenvalue weighted by molar-refractivity contribution is 0.0245. The van der Waals surface area contributed by atoms with Crippen LogP contribution in [-0.2, 0) is 14.2 Å². The van der Waals surface area contributed by atoms with Gasteiger partial charge in [-0.1, -0.05) is 26.7 Å². The van der Waals surface area contributed by atoms with E-state index in [-0.39, 0.29) is 0 Å². The second kappa shape index (κ2) is 9.44. The van der Waals surface area contributed by atoms with E-state index in [1.165, 1.54) is 0 Å². The normalized spacial score (nSPS) is 12.5. The summed E-state index contributed by atoms with van der Waals surface area (Å²) in [5.74, 6) is 1.00. The average Bonchev–Trinajstić information content (AvgIpc) is 2.28. The molecule has 0 aromatic heterocycles. The molecule has 0 saturated carbocycles. The SMILES string of the molecule is CCC/C=C(\OC)O/C(=C/CCC)OC. The van der Waals surface area contributed by atoms with Crippen molar-refractivity contribution in [2.24, 2.45) is 0 Å². The highest BCUT2D eigenvalue weighted by atomic mass is 16.7. The second-order valence-corrected chi connectivity index (χ2v) is 3.13. The maximum Gasteiger partial charge on any atom is 0.282 e. The van der Waals surface area contributed by atoms with Crippen LogP contribution in [-0.4, -0.2) is 14.2 Å². The molecule has 3 nitrogen and oxygen atoms in total. The minimum absolute atomic E-state index is 0.501. The molecule has 0 heterocycles. The molecule has 15 heavy (non-hydrogen) atoms. The zero-order valence-electron chi connectivity index (χ0n) is 10.2. The molecule has 0 atom stereocenters. The van der Waals surface area contributed by atoms with Gasteiger partial charge < -0.3 is 14.2 Å². The summed E-state index contributed by atoms with van der Waals surface area (Å²) in [7, 11) is 3.18. The first-order valence-electron chi connectivity index (χ1n) is 5.44. The highest BCUT2D eigenvalue weighted by Crippen LogP contribution is 2.10. The van der Waals surface area contributed by atoms with Crippen LogP contribution in [0.2, 0.25) is 0 Å². The van der Waals surface area contributed by atoms with Crippen LogP contribution in [0.4, 0.5) is 0 Å². The van der Waals surface area contributed by atoms with Gasteiger partial charge in [-0.15, -0.1) is 0 Å². The monoisotopic (exact) mass is 214 g/mol. The Morgan fingerprint density at radius 2 is 1.27 bits per heavy atom. The van der Waals surface area contributed by atoms with E-state index < -0.39 is 0 Å². The Hall–Kier alpha value is -1.12. The Balaban J connectivity index is 4.23. The molecule has 3 heteroatoms. The Labute approximate surface area is 92.7 Å². The highest BCUT2D eigenvalue weighted by molar-refractivity contribution is 4.92. The lowest BCUT2D eigenvalue weighted by Crippen LogP contribution is -1.98. The lowest BCUT2D eigenvalue weighted by atomic mass is 10.3. The van der Waals surface area contributed by atoms with Crippen molar-refractivity contribution in [1.29, 1.82) is 0 Å². The molecule has 0 unspecified atom stereocenters. The molecule has 0 aliphatic carbocycles. The molecular weight excluding hydrogens is 192 g/mol. The van der Waals surface area contributed by atoms with E-state index in [0.29, 0.717) is 11.9 Å². The summed E-state index contributed by atoms with van der Waals surface area (Å²) in [6.07, 6.45) is 7.84.